The van der Waals surface area contributed by atoms with Crippen molar-refractivity contribution in [2.24, 2.45) is 0 Å². The molecule has 2 aromatic rings. The van der Waals surface area contributed by atoms with E-state index in [9.17, 15) is 4.79 Å². The lowest BCUT2D eigenvalue weighted by atomic mass is 9.85. The normalized spacial score (nSPS) is 17.3. The van der Waals surface area contributed by atoms with Crippen LogP contribution in [0.25, 0.3) is 0 Å². The molecule has 26 heavy (non-hydrogen) atoms. The van der Waals surface area contributed by atoms with Gasteiger partial charge in [-0.2, -0.15) is 0 Å². The molecule has 0 aliphatic carbocycles. The van der Waals surface area contributed by atoms with Crippen LogP contribution in [0.4, 0.5) is 5.13 Å². The summed E-state index contributed by atoms with van der Waals surface area (Å²) in [5.41, 5.74) is 2.19. The van der Waals surface area contributed by atoms with Gasteiger partial charge in [-0.25, -0.2) is 0 Å². The Morgan fingerprint density at radius 2 is 2.19 bits per heavy atom. The number of benzene rings is 1. The maximum Gasteiger partial charge on any atom is 0.264 e. The monoisotopic (exact) mass is 375 g/mol. The van der Waals surface area contributed by atoms with Crippen molar-refractivity contribution in [3.05, 3.63) is 34.3 Å². The summed E-state index contributed by atoms with van der Waals surface area (Å²) in [4.78, 5) is 12.2. The van der Waals surface area contributed by atoms with Gasteiger partial charge in [0.1, 0.15) is 16.9 Å². The third-order valence-electron chi connectivity index (χ3n) is 4.19. The van der Waals surface area contributed by atoms with Crippen LogP contribution < -0.4 is 10.1 Å². The minimum atomic E-state index is -0.250. The first-order chi connectivity index (χ1) is 12.3. The van der Waals surface area contributed by atoms with Gasteiger partial charge in [0.15, 0.2) is 6.61 Å². The van der Waals surface area contributed by atoms with Gasteiger partial charge in [0, 0.05) is 6.61 Å². The highest BCUT2D eigenvalue weighted by atomic mass is 32.1. The third-order valence-corrected chi connectivity index (χ3v) is 5.12. The maximum absolute atomic E-state index is 12.2. The fourth-order valence-corrected chi connectivity index (χ4v) is 3.69. The van der Waals surface area contributed by atoms with E-state index in [-0.39, 0.29) is 24.0 Å². The zero-order valence-corrected chi connectivity index (χ0v) is 16.5. The van der Waals surface area contributed by atoms with Crippen LogP contribution >= 0.6 is 11.3 Å². The van der Waals surface area contributed by atoms with Crippen molar-refractivity contribution in [2.45, 2.75) is 52.1 Å². The number of aromatic nitrogens is 2. The van der Waals surface area contributed by atoms with Crippen LogP contribution in [0.2, 0.25) is 0 Å². The number of hydrogen-bond acceptors (Lipinski definition) is 6. The minimum absolute atomic E-state index is 0.0105. The Kier molecular flexibility index (Phi) is 5.58. The largest absolute Gasteiger partial charge is 0.483 e. The third kappa shape index (κ3) is 4.59. The van der Waals surface area contributed by atoms with E-state index in [4.69, 9.17) is 9.47 Å². The number of nitrogens with one attached hydrogen (secondary N) is 1. The van der Waals surface area contributed by atoms with Gasteiger partial charge in [-0.15, -0.1) is 10.2 Å². The van der Waals surface area contributed by atoms with E-state index in [0.29, 0.717) is 5.13 Å². The Bertz CT molecular complexity index is 777. The van der Waals surface area contributed by atoms with Crippen LogP contribution in [0, 0.1) is 6.92 Å². The molecule has 1 fully saturated rings. The number of rotatable bonds is 5. The number of carbonyl (C=O) groups is 1. The highest BCUT2D eigenvalue weighted by molar-refractivity contribution is 7.15. The first-order valence-corrected chi connectivity index (χ1v) is 9.63. The smallest absolute Gasteiger partial charge is 0.264 e. The summed E-state index contributed by atoms with van der Waals surface area (Å²) in [6.45, 7) is 9.12. The number of aryl methyl sites for hydroxylation is 1. The molecular formula is C19H25N3O3S. The highest BCUT2D eigenvalue weighted by Gasteiger charge is 2.23. The van der Waals surface area contributed by atoms with Crippen LogP contribution in [0.3, 0.4) is 0 Å². The number of amides is 1. The van der Waals surface area contributed by atoms with Crippen molar-refractivity contribution in [3.8, 4) is 5.75 Å². The van der Waals surface area contributed by atoms with E-state index < -0.39 is 0 Å². The average molecular weight is 375 g/mol. The molecule has 1 aliphatic heterocycles. The molecule has 0 spiro atoms. The lowest BCUT2D eigenvalue weighted by molar-refractivity contribution is -0.118. The fraction of sp³-hybridized carbons (Fsp3) is 0.526. The average Bonchev–Trinajstić information content (AvgIpc) is 3.24. The van der Waals surface area contributed by atoms with Crippen molar-refractivity contribution in [1.29, 1.82) is 0 Å². The van der Waals surface area contributed by atoms with Gasteiger partial charge in [-0.3, -0.25) is 10.1 Å². The van der Waals surface area contributed by atoms with Gasteiger partial charge in [-0.1, -0.05) is 49.8 Å². The summed E-state index contributed by atoms with van der Waals surface area (Å²) in [6, 6.07) is 6.01. The van der Waals surface area contributed by atoms with E-state index in [0.717, 1.165) is 35.8 Å². The van der Waals surface area contributed by atoms with Crippen molar-refractivity contribution < 1.29 is 14.3 Å². The molecular weight excluding hydrogens is 350 g/mol. The highest BCUT2D eigenvalue weighted by Crippen LogP contribution is 2.33. The summed E-state index contributed by atoms with van der Waals surface area (Å²) in [6.07, 6.45) is 2.00. The second-order valence-electron chi connectivity index (χ2n) is 7.53. The van der Waals surface area contributed by atoms with Crippen molar-refractivity contribution in [1.82, 2.24) is 10.2 Å². The zero-order valence-electron chi connectivity index (χ0n) is 15.7. The molecule has 1 N–H and O–H groups in total. The standard InChI is InChI=1S/C19H25N3O3S/c1-12-7-8-14(13(10-12)19(2,3)4)25-11-16(23)20-18-22-21-17(26-18)15-6-5-9-24-15/h7-8,10,15H,5-6,9,11H2,1-4H3,(H,20,22,23). The topological polar surface area (TPSA) is 73.3 Å². The molecule has 2 heterocycles. The molecule has 1 aliphatic rings. The predicted molar refractivity (Wildman–Crippen MR) is 102 cm³/mol. The van der Waals surface area contributed by atoms with E-state index in [2.05, 4.69) is 42.4 Å². The molecule has 6 nitrogen and oxygen atoms in total. The first kappa shape index (κ1) is 18.8. The molecule has 1 saturated heterocycles. The SMILES string of the molecule is Cc1ccc(OCC(=O)Nc2nnc(C3CCCO3)s2)c(C(C)(C)C)c1. The summed E-state index contributed by atoms with van der Waals surface area (Å²) in [5.74, 6) is 0.482. The van der Waals surface area contributed by atoms with Crippen LogP contribution in [-0.4, -0.2) is 29.3 Å². The second kappa shape index (κ2) is 7.72. The first-order valence-electron chi connectivity index (χ1n) is 8.82. The Balaban J connectivity index is 1.59. The molecule has 0 bridgehead atoms. The van der Waals surface area contributed by atoms with Gasteiger partial charge in [0.05, 0.1) is 0 Å². The quantitative estimate of drug-likeness (QED) is 0.855. The van der Waals surface area contributed by atoms with E-state index in [1.807, 2.05) is 19.1 Å². The predicted octanol–water partition coefficient (Wildman–Crippen LogP) is 4.01. The van der Waals surface area contributed by atoms with Gasteiger partial charge >= 0.3 is 0 Å². The minimum Gasteiger partial charge on any atom is -0.483 e. The molecule has 1 aromatic heterocycles. The van der Waals surface area contributed by atoms with Gasteiger partial charge in [0.2, 0.25) is 5.13 Å². The van der Waals surface area contributed by atoms with Crippen molar-refractivity contribution in [2.75, 3.05) is 18.5 Å². The number of ether oxygens (including phenoxy) is 2. The van der Waals surface area contributed by atoms with Gasteiger partial charge < -0.3 is 9.47 Å². The molecule has 1 aromatic carbocycles. The summed E-state index contributed by atoms with van der Waals surface area (Å²) in [7, 11) is 0. The Morgan fingerprint density at radius 1 is 1.38 bits per heavy atom. The van der Waals surface area contributed by atoms with Crippen LogP contribution in [0.1, 0.15) is 55.9 Å². The summed E-state index contributed by atoms with van der Waals surface area (Å²) >= 11 is 1.35. The van der Waals surface area contributed by atoms with E-state index in [1.54, 1.807) is 0 Å². The van der Waals surface area contributed by atoms with Crippen LogP contribution in [0.5, 0.6) is 5.75 Å². The molecule has 7 heteroatoms. The lowest BCUT2D eigenvalue weighted by Gasteiger charge is -2.23. The van der Waals surface area contributed by atoms with Crippen LogP contribution in [0.15, 0.2) is 18.2 Å². The lowest BCUT2D eigenvalue weighted by Crippen LogP contribution is -2.22. The molecule has 0 radical (unpaired) electrons. The molecule has 3 rings (SSSR count). The summed E-state index contributed by atoms with van der Waals surface area (Å²) < 4.78 is 11.4. The second-order valence-corrected chi connectivity index (χ2v) is 8.54. The molecule has 0 saturated carbocycles. The zero-order chi connectivity index (χ0) is 18.7. The maximum atomic E-state index is 12.2. The fourth-order valence-electron chi connectivity index (χ4n) is 2.84. The number of carbonyl (C=O) groups excluding carboxylic acids is 1. The molecule has 140 valence electrons. The molecule has 1 unspecified atom stereocenters. The Labute approximate surface area is 157 Å². The van der Waals surface area contributed by atoms with Crippen LogP contribution in [-0.2, 0) is 14.9 Å². The Morgan fingerprint density at radius 3 is 2.88 bits per heavy atom. The summed E-state index contributed by atoms with van der Waals surface area (Å²) in [5, 5.41) is 12.2. The molecule has 1 amide bonds. The van der Waals surface area contributed by atoms with Gasteiger partial charge in [0.25, 0.3) is 5.91 Å². The number of nitrogens with zero attached hydrogens (tertiary/aromatic N) is 2. The van der Waals surface area contributed by atoms with E-state index >= 15 is 0 Å². The van der Waals surface area contributed by atoms with Gasteiger partial charge in [-0.05, 0) is 36.8 Å². The number of hydrogen-bond donors (Lipinski definition) is 1. The molecule has 1 atom stereocenters. The Hall–Kier alpha value is -1.99. The van der Waals surface area contributed by atoms with Crippen molar-refractivity contribution >= 4 is 22.4 Å². The van der Waals surface area contributed by atoms with E-state index in [1.165, 1.54) is 16.9 Å². The van der Waals surface area contributed by atoms with Crippen molar-refractivity contribution in [3.63, 3.8) is 0 Å². The number of anilines is 1.